The molecule has 16 heavy (non-hydrogen) atoms. The fraction of sp³-hybridized carbons (Fsp3) is 0.700. The average Bonchev–Trinajstić information content (AvgIpc) is 2.58. The number of thiazole rings is 1. The Morgan fingerprint density at radius 3 is 3.00 bits per heavy atom. The highest BCUT2D eigenvalue weighted by molar-refractivity contribution is 7.15. The average molecular weight is 264 g/mol. The Labute approximate surface area is 106 Å². The molecule has 1 fully saturated rings. The van der Waals surface area contributed by atoms with Gasteiger partial charge in [-0.05, 0) is 12.3 Å². The number of nitrogens with zero attached hydrogens (tertiary/aromatic N) is 2. The van der Waals surface area contributed by atoms with Crippen LogP contribution in [0.25, 0.3) is 0 Å². The van der Waals surface area contributed by atoms with Crippen molar-refractivity contribution in [1.82, 2.24) is 9.88 Å². The van der Waals surface area contributed by atoms with E-state index >= 15 is 0 Å². The first kappa shape index (κ1) is 13.7. The van der Waals surface area contributed by atoms with E-state index in [-0.39, 0.29) is 18.5 Å². The molecular formula is C10H18ClN3OS. The van der Waals surface area contributed by atoms with E-state index < -0.39 is 0 Å². The van der Waals surface area contributed by atoms with Crippen molar-refractivity contribution in [3.63, 3.8) is 0 Å². The van der Waals surface area contributed by atoms with Crippen LogP contribution in [-0.4, -0.2) is 34.2 Å². The minimum absolute atomic E-state index is 0. The van der Waals surface area contributed by atoms with Gasteiger partial charge in [-0.25, -0.2) is 4.98 Å². The second kappa shape index (κ2) is 5.82. The van der Waals surface area contributed by atoms with Crippen molar-refractivity contribution >= 4 is 28.9 Å². The van der Waals surface area contributed by atoms with Gasteiger partial charge in [0, 0.05) is 30.7 Å². The fourth-order valence-electron chi connectivity index (χ4n) is 1.98. The van der Waals surface area contributed by atoms with E-state index in [1.807, 2.05) is 6.20 Å². The van der Waals surface area contributed by atoms with Gasteiger partial charge in [-0.2, -0.15) is 0 Å². The number of hydrogen-bond acceptors (Lipinski definition) is 5. The summed E-state index contributed by atoms with van der Waals surface area (Å²) in [5.41, 5.74) is 5.58. The molecule has 0 saturated carbocycles. The lowest BCUT2D eigenvalue weighted by Gasteiger charge is -2.33. The van der Waals surface area contributed by atoms with Gasteiger partial charge in [0.1, 0.15) is 0 Å². The molecule has 0 bridgehead atoms. The van der Waals surface area contributed by atoms with Gasteiger partial charge in [0.25, 0.3) is 0 Å². The molecule has 0 spiro atoms. The van der Waals surface area contributed by atoms with Gasteiger partial charge >= 0.3 is 0 Å². The molecule has 1 aliphatic rings. The molecule has 1 aromatic rings. The highest BCUT2D eigenvalue weighted by Crippen LogP contribution is 2.21. The maximum absolute atomic E-state index is 9.61. The minimum Gasteiger partial charge on any atom is -0.393 e. The zero-order valence-corrected chi connectivity index (χ0v) is 10.9. The van der Waals surface area contributed by atoms with E-state index in [9.17, 15) is 5.11 Å². The minimum atomic E-state index is -0.132. The number of aliphatic hydroxyl groups excluding tert-OH is 1. The third-order valence-electron chi connectivity index (χ3n) is 2.90. The number of likely N-dealkylation sites (tertiary alicyclic amines) is 1. The van der Waals surface area contributed by atoms with Crippen LogP contribution in [-0.2, 0) is 6.54 Å². The van der Waals surface area contributed by atoms with Gasteiger partial charge in [-0.3, -0.25) is 4.90 Å². The Bertz CT molecular complexity index is 334. The van der Waals surface area contributed by atoms with E-state index in [2.05, 4.69) is 16.8 Å². The van der Waals surface area contributed by atoms with E-state index in [0.717, 1.165) is 26.1 Å². The van der Waals surface area contributed by atoms with Crippen LogP contribution in [0.2, 0.25) is 0 Å². The van der Waals surface area contributed by atoms with Crippen molar-refractivity contribution in [2.24, 2.45) is 5.92 Å². The highest BCUT2D eigenvalue weighted by atomic mass is 35.5. The maximum Gasteiger partial charge on any atom is 0.180 e. The largest absolute Gasteiger partial charge is 0.393 e. The van der Waals surface area contributed by atoms with Crippen molar-refractivity contribution in [2.75, 3.05) is 18.8 Å². The molecular weight excluding hydrogens is 246 g/mol. The molecule has 1 aliphatic heterocycles. The van der Waals surface area contributed by atoms with Crippen LogP contribution in [0.4, 0.5) is 5.13 Å². The number of nitrogens with two attached hydrogens (primary N) is 1. The molecule has 0 aromatic carbocycles. The van der Waals surface area contributed by atoms with Gasteiger partial charge in [0.15, 0.2) is 5.13 Å². The second-order valence-corrected chi connectivity index (χ2v) is 5.38. The molecule has 2 rings (SSSR count). The summed E-state index contributed by atoms with van der Waals surface area (Å²) >= 11 is 1.55. The van der Waals surface area contributed by atoms with Crippen molar-refractivity contribution in [1.29, 1.82) is 0 Å². The lowest BCUT2D eigenvalue weighted by atomic mass is 9.97. The summed E-state index contributed by atoms with van der Waals surface area (Å²) in [6.45, 7) is 4.92. The number of nitrogen functional groups attached to an aromatic ring is 1. The zero-order chi connectivity index (χ0) is 10.8. The summed E-state index contributed by atoms with van der Waals surface area (Å²) in [7, 11) is 0. The summed E-state index contributed by atoms with van der Waals surface area (Å²) in [5, 5.41) is 10.2. The highest BCUT2D eigenvalue weighted by Gasteiger charge is 2.24. The smallest absolute Gasteiger partial charge is 0.180 e. The molecule has 3 N–H and O–H groups in total. The number of halogens is 1. The lowest BCUT2D eigenvalue weighted by Crippen LogP contribution is -2.41. The van der Waals surface area contributed by atoms with Crippen molar-refractivity contribution in [2.45, 2.75) is 26.0 Å². The molecule has 0 amide bonds. The SMILES string of the molecule is CC1CN(Cc2cnc(N)s2)CCC1O.Cl. The van der Waals surface area contributed by atoms with Crippen LogP contribution >= 0.6 is 23.7 Å². The first-order valence-corrected chi connectivity index (χ1v) is 6.07. The molecule has 0 radical (unpaired) electrons. The van der Waals surface area contributed by atoms with Gasteiger partial charge in [-0.1, -0.05) is 6.92 Å². The van der Waals surface area contributed by atoms with E-state index in [1.165, 1.54) is 4.88 Å². The third-order valence-corrected chi connectivity index (χ3v) is 3.71. The Balaban J connectivity index is 0.00000128. The Morgan fingerprint density at radius 2 is 2.44 bits per heavy atom. The molecule has 1 aromatic heterocycles. The number of aromatic nitrogens is 1. The van der Waals surface area contributed by atoms with Crippen LogP contribution in [0, 0.1) is 5.92 Å². The van der Waals surface area contributed by atoms with Crippen LogP contribution in [0.3, 0.4) is 0 Å². The molecule has 1 saturated heterocycles. The normalized spacial score (nSPS) is 26.4. The molecule has 4 nitrogen and oxygen atoms in total. The van der Waals surface area contributed by atoms with Crippen molar-refractivity contribution in [3.8, 4) is 0 Å². The zero-order valence-electron chi connectivity index (χ0n) is 9.30. The van der Waals surface area contributed by atoms with Crippen LogP contribution < -0.4 is 5.73 Å². The summed E-state index contributed by atoms with van der Waals surface area (Å²) in [6, 6.07) is 0. The fourth-order valence-corrected chi connectivity index (χ4v) is 2.71. The summed E-state index contributed by atoms with van der Waals surface area (Å²) in [5.74, 6) is 0.365. The molecule has 2 atom stereocenters. The van der Waals surface area contributed by atoms with Gasteiger partial charge < -0.3 is 10.8 Å². The summed E-state index contributed by atoms with van der Waals surface area (Å²) in [6.07, 6.45) is 2.58. The standard InChI is InChI=1S/C10H17N3OS.ClH/c1-7-5-13(3-2-9(7)14)6-8-4-12-10(11)15-8;/h4,7,9,14H,2-3,5-6H2,1H3,(H2,11,12);1H. The Morgan fingerprint density at radius 1 is 1.69 bits per heavy atom. The molecule has 0 aliphatic carbocycles. The number of aliphatic hydroxyl groups is 1. The molecule has 2 unspecified atom stereocenters. The summed E-state index contributed by atoms with van der Waals surface area (Å²) < 4.78 is 0. The predicted octanol–water partition coefficient (Wildman–Crippen LogP) is 1.35. The number of piperidine rings is 1. The van der Waals surface area contributed by atoms with Gasteiger partial charge in [0.2, 0.25) is 0 Å². The lowest BCUT2D eigenvalue weighted by molar-refractivity contribution is 0.0324. The second-order valence-electron chi connectivity index (χ2n) is 4.23. The summed E-state index contributed by atoms with van der Waals surface area (Å²) in [4.78, 5) is 7.59. The number of anilines is 1. The molecule has 6 heteroatoms. The first-order chi connectivity index (χ1) is 7.15. The third kappa shape index (κ3) is 3.31. The van der Waals surface area contributed by atoms with Crippen molar-refractivity contribution < 1.29 is 5.11 Å². The van der Waals surface area contributed by atoms with Crippen LogP contribution in [0.5, 0.6) is 0 Å². The number of hydrogen-bond donors (Lipinski definition) is 2. The quantitative estimate of drug-likeness (QED) is 0.846. The van der Waals surface area contributed by atoms with E-state index in [1.54, 1.807) is 11.3 Å². The first-order valence-electron chi connectivity index (χ1n) is 5.26. The van der Waals surface area contributed by atoms with E-state index in [4.69, 9.17) is 5.73 Å². The predicted molar refractivity (Wildman–Crippen MR) is 68.8 cm³/mol. The molecule has 2 heterocycles. The van der Waals surface area contributed by atoms with Gasteiger partial charge in [-0.15, -0.1) is 23.7 Å². The Hall–Kier alpha value is -0.360. The monoisotopic (exact) mass is 263 g/mol. The van der Waals surface area contributed by atoms with Gasteiger partial charge in [0.05, 0.1) is 6.10 Å². The van der Waals surface area contributed by atoms with Crippen LogP contribution in [0.15, 0.2) is 6.20 Å². The number of rotatable bonds is 2. The molecule has 92 valence electrons. The Kier molecular flexibility index (Phi) is 4.98. The van der Waals surface area contributed by atoms with E-state index in [0.29, 0.717) is 11.0 Å². The van der Waals surface area contributed by atoms with Crippen molar-refractivity contribution in [3.05, 3.63) is 11.1 Å². The van der Waals surface area contributed by atoms with Crippen LogP contribution in [0.1, 0.15) is 18.2 Å². The maximum atomic E-state index is 9.61. The topological polar surface area (TPSA) is 62.4 Å².